The molecule has 5 heteroatoms. The highest BCUT2D eigenvalue weighted by Gasteiger charge is 2.22. The number of nitrogens with zero attached hydrogens (tertiary/aromatic N) is 3. The molecule has 0 saturated heterocycles. The summed E-state index contributed by atoms with van der Waals surface area (Å²) < 4.78 is 0. The van der Waals surface area contributed by atoms with Gasteiger partial charge in [-0.3, -0.25) is 0 Å². The van der Waals surface area contributed by atoms with Crippen molar-refractivity contribution in [2.75, 3.05) is 24.3 Å². The van der Waals surface area contributed by atoms with Crippen molar-refractivity contribution in [3.05, 3.63) is 72.3 Å². The number of anilines is 2. The lowest BCUT2D eigenvalue weighted by Crippen LogP contribution is -2.37. The number of nitrogens with one attached hydrogen (secondary N) is 2. The van der Waals surface area contributed by atoms with Crippen LogP contribution in [0, 0.1) is 0 Å². The van der Waals surface area contributed by atoms with Crippen LogP contribution in [0.15, 0.2) is 66.7 Å². The second kappa shape index (κ2) is 10.2. The molecule has 4 aromatic rings. The summed E-state index contributed by atoms with van der Waals surface area (Å²) >= 11 is 0. The first-order valence-electron chi connectivity index (χ1n) is 11.6. The van der Waals surface area contributed by atoms with E-state index in [-0.39, 0.29) is 7.43 Å². The summed E-state index contributed by atoms with van der Waals surface area (Å²) in [5, 5.41) is 11.1. The van der Waals surface area contributed by atoms with Crippen LogP contribution in [0.1, 0.15) is 38.7 Å². The van der Waals surface area contributed by atoms with Gasteiger partial charge in [0.1, 0.15) is 5.82 Å². The Labute approximate surface area is 197 Å². The summed E-state index contributed by atoms with van der Waals surface area (Å²) in [5.41, 5.74) is 2.34. The molecule has 3 aromatic carbocycles. The van der Waals surface area contributed by atoms with Crippen LogP contribution in [-0.4, -0.2) is 36.1 Å². The molecule has 1 aliphatic carbocycles. The Morgan fingerprint density at radius 1 is 0.818 bits per heavy atom. The second-order valence-electron chi connectivity index (χ2n) is 9.04. The fourth-order valence-electron chi connectivity index (χ4n) is 4.70. The minimum absolute atomic E-state index is 0. The van der Waals surface area contributed by atoms with E-state index in [4.69, 9.17) is 9.97 Å². The zero-order valence-corrected chi connectivity index (χ0v) is 18.9. The van der Waals surface area contributed by atoms with Crippen LogP contribution in [0.2, 0.25) is 0 Å². The summed E-state index contributed by atoms with van der Waals surface area (Å²) in [7, 11) is 4.07. The second-order valence-corrected chi connectivity index (χ2v) is 9.04. The van der Waals surface area contributed by atoms with Gasteiger partial charge in [0.2, 0.25) is 5.95 Å². The van der Waals surface area contributed by atoms with Crippen molar-refractivity contribution in [3.8, 4) is 0 Å². The van der Waals surface area contributed by atoms with Crippen molar-refractivity contribution in [2.45, 2.75) is 51.7 Å². The van der Waals surface area contributed by atoms with Crippen molar-refractivity contribution in [3.63, 3.8) is 0 Å². The van der Waals surface area contributed by atoms with Gasteiger partial charge >= 0.3 is 0 Å². The Kier molecular flexibility index (Phi) is 7.09. The molecule has 1 saturated carbocycles. The molecule has 2 N–H and O–H groups in total. The molecule has 1 aliphatic rings. The molecule has 0 aliphatic heterocycles. The molecule has 1 aromatic heterocycles. The van der Waals surface area contributed by atoms with E-state index in [9.17, 15) is 0 Å². The molecule has 172 valence electrons. The van der Waals surface area contributed by atoms with Crippen LogP contribution in [-0.2, 0) is 6.54 Å². The van der Waals surface area contributed by atoms with E-state index in [1.54, 1.807) is 0 Å². The highest BCUT2D eigenvalue weighted by molar-refractivity contribution is 5.90. The zero-order valence-electron chi connectivity index (χ0n) is 18.9. The minimum atomic E-state index is 0. The lowest BCUT2D eigenvalue weighted by atomic mass is 9.91. The van der Waals surface area contributed by atoms with E-state index >= 15 is 0 Å². The van der Waals surface area contributed by atoms with E-state index in [1.165, 1.54) is 29.2 Å². The Morgan fingerprint density at radius 2 is 1.52 bits per heavy atom. The van der Waals surface area contributed by atoms with E-state index in [1.807, 2.05) is 26.2 Å². The van der Waals surface area contributed by atoms with Crippen molar-refractivity contribution in [2.24, 2.45) is 0 Å². The maximum absolute atomic E-state index is 4.80. The molecule has 0 unspecified atom stereocenters. The van der Waals surface area contributed by atoms with Gasteiger partial charge in [0.25, 0.3) is 0 Å². The highest BCUT2D eigenvalue weighted by Crippen LogP contribution is 2.26. The molecule has 1 heterocycles. The van der Waals surface area contributed by atoms with E-state index in [0.717, 1.165) is 42.1 Å². The molecular formula is C28H35N5. The molecule has 0 atom stereocenters. The minimum Gasteiger partial charge on any atom is -0.362 e. The molecule has 0 bridgehead atoms. The van der Waals surface area contributed by atoms with Crippen LogP contribution in [0.3, 0.4) is 0 Å². The third kappa shape index (κ3) is 5.25. The van der Waals surface area contributed by atoms with Crippen LogP contribution in [0.5, 0.6) is 0 Å². The zero-order chi connectivity index (χ0) is 21.9. The Balaban J connectivity index is 0.00000259. The van der Waals surface area contributed by atoms with E-state index in [2.05, 4.69) is 70.1 Å². The van der Waals surface area contributed by atoms with Gasteiger partial charge in [-0.05, 0) is 60.2 Å². The van der Waals surface area contributed by atoms with Gasteiger partial charge in [-0.1, -0.05) is 56.0 Å². The van der Waals surface area contributed by atoms with Crippen molar-refractivity contribution in [1.82, 2.24) is 15.3 Å². The molecular weight excluding hydrogens is 406 g/mol. The van der Waals surface area contributed by atoms with Crippen LogP contribution in [0.25, 0.3) is 21.7 Å². The maximum atomic E-state index is 4.80. The SMILES string of the molecule is C.CN(C)c1nc(NC2CCC(NCc3ccc4ccccc4c3)CC2)nc2ccccc12. The fourth-order valence-corrected chi connectivity index (χ4v) is 4.70. The highest BCUT2D eigenvalue weighted by atomic mass is 15.2. The quantitative estimate of drug-likeness (QED) is 0.384. The molecule has 0 spiro atoms. The monoisotopic (exact) mass is 441 g/mol. The molecule has 5 rings (SSSR count). The number of fused-ring (bicyclic) bond motifs is 2. The fraction of sp³-hybridized carbons (Fsp3) is 0.357. The summed E-state index contributed by atoms with van der Waals surface area (Å²) in [5.74, 6) is 1.70. The Hall–Kier alpha value is -3.18. The number of rotatable bonds is 6. The van der Waals surface area contributed by atoms with Gasteiger partial charge in [0, 0.05) is 38.1 Å². The van der Waals surface area contributed by atoms with Crippen LogP contribution < -0.4 is 15.5 Å². The number of aromatic nitrogens is 2. The standard InChI is InChI=1S/C27H31N5.CH4/c1-32(2)26-24-9-5-6-10-25(24)30-27(31-26)29-23-15-13-22(14-16-23)28-18-19-11-12-20-7-3-4-8-21(20)17-19;/h3-12,17,22-23,28H,13-16,18H2,1-2H3,(H,29,30,31);1H4. The lowest BCUT2D eigenvalue weighted by Gasteiger charge is -2.30. The van der Waals surface area contributed by atoms with Gasteiger partial charge in [-0.15, -0.1) is 0 Å². The smallest absolute Gasteiger partial charge is 0.225 e. The van der Waals surface area contributed by atoms with Gasteiger partial charge in [0.05, 0.1) is 5.52 Å². The topological polar surface area (TPSA) is 53.1 Å². The third-order valence-electron chi connectivity index (χ3n) is 6.48. The maximum Gasteiger partial charge on any atom is 0.225 e. The average molecular weight is 442 g/mol. The van der Waals surface area contributed by atoms with Crippen molar-refractivity contribution < 1.29 is 0 Å². The number of para-hydroxylation sites is 1. The van der Waals surface area contributed by atoms with Crippen LogP contribution in [0.4, 0.5) is 11.8 Å². The van der Waals surface area contributed by atoms with Gasteiger partial charge in [0.15, 0.2) is 0 Å². The first-order chi connectivity index (χ1) is 15.7. The van der Waals surface area contributed by atoms with Crippen LogP contribution >= 0.6 is 0 Å². The molecule has 5 nitrogen and oxygen atoms in total. The number of hydrogen-bond acceptors (Lipinski definition) is 5. The summed E-state index contributed by atoms with van der Waals surface area (Å²) in [4.78, 5) is 11.6. The summed E-state index contributed by atoms with van der Waals surface area (Å²) in [6.45, 7) is 0.924. The van der Waals surface area contributed by atoms with E-state index in [0.29, 0.717) is 12.1 Å². The van der Waals surface area contributed by atoms with Gasteiger partial charge in [-0.2, -0.15) is 4.98 Å². The lowest BCUT2D eigenvalue weighted by molar-refractivity contribution is 0.352. The third-order valence-corrected chi connectivity index (χ3v) is 6.48. The number of benzene rings is 3. The van der Waals surface area contributed by atoms with Crippen molar-refractivity contribution >= 4 is 33.4 Å². The van der Waals surface area contributed by atoms with E-state index < -0.39 is 0 Å². The molecule has 0 radical (unpaired) electrons. The van der Waals surface area contributed by atoms with Gasteiger partial charge in [-0.25, -0.2) is 4.98 Å². The molecule has 1 fully saturated rings. The number of hydrogen-bond donors (Lipinski definition) is 2. The molecule has 0 amide bonds. The Bertz CT molecular complexity index is 1210. The predicted molar refractivity (Wildman–Crippen MR) is 141 cm³/mol. The van der Waals surface area contributed by atoms with Gasteiger partial charge < -0.3 is 15.5 Å². The summed E-state index contributed by atoms with van der Waals surface area (Å²) in [6.07, 6.45) is 4.59. The first kappa shape index (κ1) is 23.0. The average Bonchev–Trinajstić information content (AvgIpc) is 2.83. The summed E-state index contributed by atoms with van der Waals surface area (Å²) in [6, 6.07) is 24.5. The molecule has 33 heavy (non-hydrogen) atoms. The Morgan fingerprint density at radius 3 is 2.30 bits per heavy atom. The first-order valence-corrected chi connectivity index (χ1v) is 11.6. The predicted octanol–water partition coefficient (Wildman–Crippen LogP) is 6.00. The largest absolute Gasteiger partial charge is 0.362 e. The van der Waals surface area contributed by atoms with Crippen molar-refractivity contribution in [1.29, 1.82) is 0 Å². The normalized spacial score (nSPS) is 18.1.